The predicted octanol–water partition coefficient (Wildman–Crippen LogP) is 5.07. The number of rotatable bonds is 3. The van der Waals surface area contributed by atoms with Gasteiger partial charge in [-0.05, 0) is 48.7 Å². The lowest BCUT2D eigenvalue weighted by Crippen LogP contribution is -2.11. The van der Waals surface area contributed by atoms with Crippen molar-refractivity contribution in [3.05, 3.63) is 70.6 Å². The summed E-state index contributed by atoms with van der Waals surface area (Å²) in [6.07, 6.45) is 0. The Labute approximate surface area is 168 Å². The van der Waals surface area contributed by atoms with Gasteiger partial charge in [0.05, 0.1) is 10.9 Å². The van der Waals surface area contributed by atoms with Crippen LogP contribution in [0.2, 0.25) is 0 Å². The third-order valence-corrected chi connectivity index (χ3v) is 5.51. The molecular formula is C24H22N2O3. The van der Waals surface area contributed by atoms with Gasteiger partial charge in [-0.25, -0.2) is 4.79 Å². The molecule has 0 saturated heterocycles. The molecule has 29 heavy (non-hydrogen) atoms. The van der Waals surface area contributed by atoms with Crippen LogP contribution in [-0.4, -0.2) is 25.2 Å². The molecule has 1 heterocycles. The quantitative estimate of drug-likeness (QED) is 0.482. The molecule has 1 aliphatic carbocycles. The van der Waals surface area contributed by atoms with E-state index in [0.29, 0.717) is 22.3 Å². The first-order valence-corrected chi connectivity index (χ1v) is 9.35. The molecule has 0 atom stereocenters. The van der Waals surface area contributed by atoms with Gasteiger partial charge in [-0.2, -0.15) is 0 Å². The molecule has 0 unspecified atom stereocenters. The lowest BCUT2D eigenvalue weighted by atomic mass is 9.87. The molecule has 0 fully saturated rings. The Hall–Kier alpha value is -3.60. The minimum atomic E-state index is -0.973. The van der Waals surface area contributed by atoms with Gasteiger partial charge in [0.15, 0.2) is 0 Å². The zero-order chi connectivity index (χ0) is 20.9. The number of aromatic carboxylic acids is 1. The smallest absolute Gasteiger partial charge is 0.336 e. The van der Waals surface area contributed by atoms with Crippen LogP contribution in [0.3, 0.4) is 0 Å². The Bertz CT molecular complexity index is 1300. The second-order valence-corrected chi connectivity index (χ2v) is 7.45. The molecule has 146 valence electrons. The van der Waals surface area contributed by atoms with E-state index in [4.69, 9.17) is 9.83 Å². The van der Waals surface area contributed by atoms with Gasteiger partial charge in [-0.1, -0.05) is 18.2 Å². The summed E-state index contributed by atoms with van der Waals surface area (Å²) in [7, 11) is 3.91. The fourth-order valence-corrected chi connectivity index (χ4v) is 3.78. The molecule has 2 N–H and O–H groups in total. The normalized spacial score (nSPS) is 11.2. The van der Waals surface area contributed by atoms with Gasteiger partial charge >= 0.3 is 5.97 Å². The van der Waals surface area contributed by atoms with Crippen LogP contribution in [0, 0.1) is 19.3 Å². The highest BCUT2D eigenvalue weighted by Crippen LogP contribution is 2.43. The summed E-state index contributed by atoms with van der Waals surface area (Å²) in [6, 6.07) is 14.7. The molecule has 1 aliphatic heterocycles. The summed E-state index contributed by atoms with van der Waals surface area (Å²) < 4.78 is 6.22. The Balaban J connectivity index is 2.25. The number of hydrogen-bond donors (Lipinski definition) is 2. The highest BCUT2D eigenvalue weighted by atomic mass is 16.4. The van der Waals surface area contributed by atoms with Crippen molar-refractivity contribution in [1.82, 2.24) is 0 Å². The van der Waals surface area contributed by atoms with E-state index in [1.54, 1.807) is 18.2 Å². The highest BCUT2D eigenvalue weighted by Gasteiger charge is 2.24. The average molecular weight is 386 g/mol. The fourth-order valence-electron chi connectivity index (χ4n) is 3.78. The molecule has 0 bridgehead atoms. The monoisotopic (exact) mass is 386 g/mol. The van der Waals surface area contributed by atoms with E-state index in [1.807, 2.05) is 63.2 Å². The van der Waals surface area contributed by atoms with Gasteiger partial charge in [0.1, 0.15) is 11.3 Å². The van der Waals surface area contributed by atoms with Crippen LogP contribution in [0.4, 0.5) is 5.69 Å². The van der Waals surface area contributed by atoms with E-state index in [1.165, 1.54) is 0 Å². The lowest BCUT2D eigenvalue weighted by molar-refractivity contribution is 0.0697. The minimum absolute atomic E-state index is 0.241. The van der Waals surface area contributed by atoms with Crippen molar-refractivity contribution in [2.45, 2.75) is 13.8 Å². The molecule has 2 aliphatic rings. The largest absolute Gasteiger partial charge is 0.478 e. The summed E-state index contributed by atoms with van der Waals surface area (Å²) in [5.74, 6) is -0.393. The van der Waals surface area contributed by atoms with E-state index < -0.39 is 5.97 Å². The van der Waals surface area contributed by atoms with Crippen LogP contribution >= 0.6 is 0 Å². The zero-order valence-corrected chi connectivity index (χ0v) is 16.8. The predicted molar refractivity (Wildman–Crippen MR) is 115 cm³/mol. The maximum absolute atomic E-state index is 12.0. The topological polar surface area (TPSA) is 77.5 Å². The molecule has 0 saturated carbocycles. The Morgan fingerprint density at radius 2 is 1.72 bits per heavy atom. The van der Waals surface area contributed by atoms with E-state index in [0.717, 1.165) is 33.3 Å². The summed E-state index contributed by atoms with van der Waals surface area (Å²) in [6.45, 7) is 3.86. The second-order valence-electron chi connectivity index (χ2n) is 7.45. The van der Waals surface area contributed by atoms with Crippen LogP contribution < -0.4 is 10.3 Å². The van der Waals surface area contributed by atoms with Crippen molar-refractivity contribution in [3.63, 3.8) is 0 Å². The maximum Gasteiger partial charge on any atom is 0.336 e. The molecular weight excluding hydrogens is 364 g/mol. The van der Waals surface area contributed by atoms with Crippen LogP contribution in [0.25, 0.3) is 33.4 Å². The molecule has 5 nitrogen and oxygen atoms in total. The summed E-state index contributed by atoms with van der Waals surface area (Å²) >= 11 is 0. The number of anilines is 1. The first-order valence-electron chi connectivity index (χ1n) is 9.35. The van der Waals surface area contributed by atoms with Gasteiger partial charge in [0, 0.05) is 48.4 Å². The highest BCUT2D eigenvalue weighted by molar-refractivity contribution is 6.08. The van der Waals surface area contributed by atoms with E-state index in [9.17, 15) is 9.90 Å². The van der Waals surface area contributed by atoms with Crippen LogP contribution in [-0.2, 0) is 0 Å². The molecule has 2 aromatic carbocycles. The number of fused-ring (bicyclic) bond motifs is 2. The van der Waals surface area contributed by atoms with Crippen molar-refractivity contribution < 1.29 is 14.3 Å². The molecule has 4 rings (SSSR count). The molecule has 0 spiro atoms. The van der Waals surface area contributed by atoms with Crippen LogP contribution in [0.5, 0.6) is 0 Å². The Kier molecular flexibility index (Phi) is 4.38. The van der Waals surface area contributed by atoms with Crippen molar-refractivity contribution in [2.75, 3.05) is 19.0 Å². The number of nitrogens with zero attached hydrogens (tertiary/aromatic N) is 1. The van der Waals surface area contributed by atoms with Crippen molar-refractivity contribution >= 4 is 22.6 Å². The summed E-state index contributed by atoms with van der Waals surface area (Å²) in [5, 5.41) is 19.3. The number of nitrogens with one attached hydrogen (secondary N) is 1. The molecule has 5 heteroatoms. The van der Waals surface area contributed by atoms with E-state index >= 15 is 0 Å². The SMILES string of the molecule is Cc1c2c(-c3ccccc3C(=O)O)c3ccc(N(C)C)cc3oc-2cc(=N)c1C. The molecule has 0 radical (unpaired) electrons. The fraction of sp³-hybridized carbons (Fsp3) is 0.167. The van der Waals surface area contributed by atoms with E-state index in [2.05, 4.69) is 0 Å². The first-order chi connectivity index (χ1) is 13.8. The maximum atomic E-state index is 12.0. The van der Waals surface area contributed by atoms with Crippen LogP contribution in [0.15, 0.2) is 52.9 Å². The third kappa shape index (κ3) is 2.95. The summed E-state index contributed by atoms with van der Waals surface area (Å²) in [4.78, 5) is 13.9. The average Bonchev–Trinajstić information content (AvgIpc) is 2.70. The number of benzene rings is 3. The number of carboxylic acid groups (broad SMARTS) is 1. The van der Waals surface area contributed by atoms with Gasteiger partial charge in [0.25, 0.3) is 0 Å². The Morgan fingerprint density at radius 1 is 1.00 bits per heavy atom. The van der Waals surface area contributed by atoms with Crippen molar-refractivity contribution in [3.8, 4) is 22.5 Å². The number of hydrogen-bond acceptors (Lipinski definition) is 4. The molecule has 0 amide bonds. The lowest BCUT2D eigenvalue weighted by Gasteiger charge is -2.21. The third-order valence-electron chi connectivity index (χ3n) is 5.51. The number of carbonyl (C=O) groups is 1. The van der Waals surface area contributed by atoms with Gasteiger partial charge < -0.3 is 19.8 Å². The molecule has 2 aromatic rings. The Morgan fingerprint density at radius 3 is 2.41 bits per heavy atom. The number of carboxylic acids is 1. The van der Waals surface area contributed by atoms with Crippen molar-refractivity contribution in [1.29, 1.82) is 5.41 Å². The second kappa shape index (κ2) is 6.78. The zero-order valence-electron chi connectivity index (χ0n) is 16.8. The van der Waals surface area contributed by atoms with Gasteiger partial charge in [-0.3, -0.25) is 0 Å². The van der Waals surface area contributed by atoms with Crippen molar-refractivity contribution in [2.24, 2.45) is 0 Å². The standard InChI is InChI=1S/C24H22N2O3/c1-13-14(2)22-21(12-19(13)25)29-20-11-15(26(3)4)9-10-18(20)23(22)16-7-5-6-8-17(16)24(27)28/h5-12,25H,1-4H3,(H,27,28). The molecule has 0 aromatic heterocycles. The minimum Gasteiger partial charge on any atom is -0.478 e. The van der Waals surface area contributed by atoms with Gasteiger partial charge in [-0.15, -0.1) is 0 Å². The first kappa shape index (κ1) is 18.7. The van der Waals surface area contributed by atoms with Crippen LogP contribution in [0.1, 0.15) is 21.5 Å². The van der Waals surface area contributed by atoms with Gasteiger partial charge in [0.2, 0.25) is 0 Å². The summed E-state index contributed by atoms with van der Waals surface area (Å²) in [5.41, 5.74) is 5.96. The van der Waals surface area contributed by atoms with E-state index in [-0.39, 0.29) is 5.56 Å².